The average Bonchev–Trinajstić information content (AvgIpc) is 2.80. The minimum Gasteiger partial charge on any atom is -0.349 e. The Morgan fingerprint density at radius 2 is 1.95 bits per heavy atom. The summed E-state index contributed by atoms with van der Waals surface area (Å²) in [5, 5.41) is 0. The van der Waals surface area contributed by atoms with Gasteiger partial charge in [0.1, 0.15) is 5.82 Å². The largest absolute Gasteiger partial charge is 0.454 e. The Balaban J connectivity index is 2.22. The normalized spacial score (nSPS) is 11.7. The lowest BCUT2D eigenvalue weighted by Gasteiger charge is -2.06. The Kier molecular flexibility index (Phi) is 3.99. The van der Waals surface area contributed by atoms with Gasteiger partial charge in [-0.15, -0.1) is 0 Å². The zero-order valence-corrected chi connectivity index (χ0v) is 11.5. The van der Waals surface area contributed by atoms with Crippen LogP contribution in [0.25, 0.3) is 0 Å². The van der Waals surface area contributed by atoms with Crippen molar-refractivity contribution in [3.8, 4) is 0 Å². The number of carbonyl (C=O) groups excluding carboxylic acids is 1. The second-order valence-corrected chi connectivity index (χ2v) is 5.05. The van der Waals surface area contributed by atoms with E-state index in [-0.39, 0.29) is 6.54 Å². The molecular weight excluding hydrogens is 342 g/mol. The third kappa shape index (κ3) is 3.27. The maximum Gasteiger partial charge on any atom is 0.454 e. The van der Waals surface area contributed by atoms with Crippen LogP contribution in [0.5, 0.6) is 0 Å². The highest BCUT2D eigenvalue weighted by Crippen LogP contribution is 2.22. The Labute approximate surface area is 120 Å². The molecule has 106 valence electrons. The summed E-state index contributed by atoms with van der Waals surface area (Å²) in [6.45, 7) is 0.0381. The van der Waals surface area contributed by atoms with Crippen molar-refractivity contribution in [2.75, 3.05) is 0 Å². The van der Waals surface area contributed by atoms with Crippen LogP contribution >= 0.6 is 15.9 Å². The lowest BCUT2D eigenvalue weighted by atomic mass is 10.2. The van der Waals surface area contributed by atoms with Crippen molar-refractivity contribution < 1.29 is 22.4 Å². The zero-order valence-electron chi connectivity index (χ0n) is 9.92. The Bertz CT molecular complexity index is 648. The number of carbonyl (C=O) groups is 1. The number of benzene rings is 1. The van der Waals surface area contributed by atoms with Crippen molar-refractivity contribution in [2.45, 2.75) is 12.7 Å². The van der Waals surface area contributed by atoms with E-state index >= 15 is 0 Å². The van der Waals surface area contributed by atoms with E-state index in [4.69, 9.17) is 0 Å². The third-order valence-electron chi connectivity index (χ3n) is 2.63. The predicted molar refractivity (Wildman–Crippen MR) is 68.0 cm³/mol. The van der Waals surface area contributed by atoms with Crippen LogP contribution in [0.3, 0.4) is 0 Å². The molecule has 2 aromatic rings. The molecule has 2 nitrogen and oxygen atoms in total. The highest BCUT2D eigenvalue weighted by atomic mass is 79.9. The second kappa shape index (κ2) is 5.40. The lowest BCUT2D eigenvalue weighted by Crippen LogP contribution is -2.22. The van der Waals surface area contributed by atoms with E-state index in [1.807, 2.05) is 0 Å². The fourth-order valence-electron chi connectivity index (χ4n) is 1.70. The third-order valence-corrected chi connectivity index (χ3v) is 3.12. The number of alkyl halides is 3. The molecule has 2 rings (SSSR count). The molecule has 7 heteroatoms. The first-order valence-corrected chi connectivity index (χ1v) is 6.28. The molecule has 0 radical (unpaired) electrons. The van der Waals surface area contributed by atoms with Gasteiger partial charge >= 0.3 is 6.18 Å². The van der Waals surface area contributed by atoms with Gasteiger partial charge < -0.3 is 4.57 Å². The minimum atomic E-state index is -4.91. The molecule has 0 aliphatic rings. The van der Waals surface area contributed by atoms with Crippen molar-refractivity contribution in [3.05, 3.63) is 58.1 Å². The summed E-state index contributed by atoms with van der Waals surface area (Å²) < 4.78 is 52.3. The first-order chi connectivity index (χ1) is 9.27. The van der Waals surface area contributed by atoms with E-state index in [1.54, 1.807) is 0 Å². The molecule has 0 saturated heterocycles. The summed E-state index contributed by atoms with van der Waals surface area (Å²) in [5.74, 6) is -2.38. The number of hydrogen-bond donors (Lipinski definition) is 0. The summed E-state index contributed by atoms with van der Waals surface area (Å²) in [5.41, 5.74) is -0.158. The highest BCUT2D eigenvalue weighted by Gasteiger charge is 2.39. The molecule has 0 aliphatic heterocycles. The van der Waals surface area contributed by atoms with Gasteiger partial charge in [-0.1, -0.05) is 15.9 Å². The summed E-state index contributed by atoms with van der Waals surface area (Å²) in [6.07, 6.45) is -2.55. The van der Waals surface area contributed by atoms with Crippen LogP contribution in [-0.4, -0.2) is 16.5 Å². The fourth-order valence-corrected chi connectivity index (χ4v) is 2.11. The van der Waals surface area contributed by atoms with Gasteiger partial charge in [0.05, 0.1) is 0 Å². The SMILES string of the molecule is O=C(c1ccn(Cc2cc(Br)ccc2F)c1)C(F)(F)F. The van der Waals surface area contributed by atoms with E-state index in [0.717, 1.165) is 12.3 Å². The van der Waals surface area contributed by atoms with Crippen molar-refractivity contribution in [1.29, 1.82) is 0 Å². The number of ketones is 1. The van der Waals surface area contributed by atoms with Crippen LogP contribution < -0.4 is 0 Å². The van der Waals surface area contributed by atoms with Crippen LogP contribution in [0, 0.1) is 5.82 Å². The van der Waals surface area contributed by atoms with E-state index in [2.05, 4.69) is 15.9 Å². The van der Waals surface area contributed by atoms with Crippen molar-refractivity contribution in [2.24, 2.45) is 0 Å². The van der Waals surface area contributed by atoms with Gasteiger partial charge in [0.15, 0.2) is 0 Å². The topological polar surface area (TPSA) is 22.0 Å². The van der Waals surface area contributed by atoms with Gasteiger partial charge in [-0.3, -0.25) is 4.79 Å². The van der Waals surface area contributed by atoms with Gasteiger partial charge in [0, 0.05) is 34.5 Å². The van der Waals surface area contributed by atoms with Crippen LogP contribution in [-0.2, 0) is 6.54 Å². The monoisotopic (exact) mass is 349 g/mol. The van der Waals surface area contributed by atoms with Crippen LogP contribution in [0.1, 0.15) is 15.9 Å². The quantitative estimate of drug-likeness (QED) is 0.601. The van der Waals surface area contributed by atoms with E-state index in [9.17, 15) is 22.4 Å². The van der Waals surface area contributed by atoms with Crippen molar-refractivity contribution in [3.63, 3.8) is 0 Å². The maximum absolute atomic E-state index is 13.5. The van der Waals surface area contributed by atoms with Crippen LogP contribution in [0.4, 0.5) is 17.6 Å². The van der Waals surface area contributed by atoms with Crippen LogP contribution in [0.2, 0.25) is 0 Å². The number of nitrogens with zero attached hydrogens (tertiary/aromatic N) is 1. The van der Waals surface area contributed by atoms with Crippen LogP contribution in [0.15, 0.2) is 41.1 Å². The Hall–Kier alpha value is -1.63. The molecule has 0 fully saturated rings. The molecule has 0 atom stereocenters. The van der Waals surface area contributed by atoms with Gasteiger partial charge in [0.25, 0.3) is 5.78 Å². The number of halogens is 5. The highest BCUT2D eigenvalue weighted by molar-refractivity contribution is 9.10. The number of hydrogen-bond acceptors (Lipinski definition) is 1. The molecule has 0 bridgehead atoms. The molecule has 20 heavy (non-hydrogen) atoms. The molecule has 1 aromatic carbocycles. The van der Waals surface area contributed by atoms with Gasteiger partial charge in [-0.2, -0.15) is 13.2 Å². The van der Waals surface area contributed by atoms with E-state index < -0.39 is 23.3 Å². The average molecular weight is 350 g/mol. The Morgan fingerprint density at radius 1 is 1.25 bits per heavy atom. The van der Waals surface area contributed by atoms with E-state index in [0.29, 0.717) is 10.0 Å². The second-order valence-electron chi connectivity index (χ2n) is 4.14. The molecule has 0 amide bonds. The Morgan fingerprint density at radius 3 is 2.60 bits per heavy atom. The fraction of sp³-hybridized carbons (Fsp3) is 0.154. The van der Waals surface area contributed by atoms with Crippen molar-refractivity contribution in [1.82, 2.24) is 4.57 Å². The number of Topliss-reactive ketones (excluding diaryl/α,β-unsaturated/α-hetero) is 1. The molecule has 0 unspecified atom stereocenters. The number of aromatic nitrogens is 1. The minimum absolute atomic E-state index is 0.0381. The summed E-state index contributed by atoms with van der Waals surface area (Å²) in [7, 11) is 0. The molecule has 0 spiro atoms. The first-order valence-electron chi connectivity index (χ1n) is 5.48. The zero-order chi connectivity index (χ0) is 14.9. The molecular formula is C13H8BrF4NO. The predicted octanol–water partition coefficient (Wildman–Crippen LogP) is 4.18. The maximum atomic E-state index is 13.5. The first kappa shape index (κ1) is 14.8. The summed E-state index contributed by atoms with van der Waals surface area (Å²) >= 11 is 3.19. The molecule has 0 N–H and O–H groups in total. The molecule has 0 aliphatic carbocycles. The van der Waals surface area contributed by atoms with E-state index in [1.165, 1.54) is 29.0 Å². The van der Waals surface area contributed by atoms with Gasteiger partial charge in [-0.05, 0) is 24.3 Å². The molecule has 1 heterocycles. The standard InChI is InChI=1S/C13H8BrF4NO/c14-10-1-2-11(15)9(5-10)7-19-4-3-8(6-19)12(20)13(16,17)18/h1-6H,7H2. The lowest BCUT2D eigenvalue weighted by molar-refractivity contribution is -0.0885. The van der Waals surface area contributed by atoms with Crippen molar-refractivity contribution >= 4 is 21.7 Å². The number of rotatable bonds is 3. The van der Waals surface area contributed by atoms with Gasteiger partial charge in [-0.25, -0.2) is 4.39 Å². The van der Waals surface area contributed by atoms with Gasteiger partial charge in [0.2, 0.25) is 0 Å². The summed E-state index contributed by atoms with van der Waals surface area (Å²) in [6, 6.07) is 5.37. The smallest absolute Gasteiger partial charge is 0.349 e. The molecule has 1 aromatic heterocycles. The summed E-state index contributed by atoms with van der Waals surface area (Å²) in [4.78, 5) is 11.0. The molecule has 0 saturated carbocycles.